The van der Waals surface area contributed by atoms with Crippen LogP contribution in [0.4, 0.5) is 0 Å². The van der Waals surface area contributed by atoms with Crippen molar-refractivity contribution in [3.8, 4) is 0 Å². The summed E-state index contributed by atoms with van der Waals surface area (Å²) >= 11 is 0. The molecule has 8 nitrogen and oxygen atoms in total. The molecule has 6 atom stereocenters. The second kappa shape index (κ2) is 7.67. The second-order valence-corrected chi connectivity index (χ2v) is 5.78. The summed E-state index contributed by atoms with van der Waals surface area (Å²) in [5, 5.41) is 41.8. The lowest BCUT2D eigenvalue weighted by Gasteiger charge is -2.49. The first-order chi connectivity index (χ1) is 10.2. The summed E-state index contributed by atoms with van der Waals surface area (Å²) in [6.45, 7) is 4.09. The van der Waals surface area contributed by atoms with E-state index in [-0.39, 0.29) is 6.42 Å². The monoisotopic (exact) mass is 320 g/mol. The van der Waals surface area contributed by atoms with Gasteiger partial charge in [-0.1, -0.05) is 13.8 Å². The van der Waals surface area contributed by atoms with Gasteiger partial charge in [0.15, 0.2) is 5.79 Å². The van der Waals surface area contributed by atoms with E-state index in [1.165, 1.54) is 14.0 Å². The van der Waals surface area contributed by atoms with Crippen LogP contribution in [-0.4, -0.2) is 76.3 Å². The first kappa shape index (κ1) is 19.3. The van der Waals surface area contributed by atoms with E-state index in [1.807, 2.05) is 0 Å². The molecule has 1 fully saturated rings. The Kier molecular flexibility index (Phi) is 6.72. The average molecular weight is 320 g/mol. The second-order valence-electron chi connectivity index (χ2n) is 5.78. The molecule has 0 bridgehead atoms. The molecule has 1 heterocycles. The minimum absolute atomic E-state index is 0.0647. The minimum atomic E-state index is -1.51. The van der Waals surface area contributed by atoms with Gasteiger partial charge in [-0.3, -0.25) is 4.79 Å². The molecule has 0 aromatic carbocycles. The van der Waals surface area contributed by atoms with Crippen molar-refractivity contribution in [3.63, 3.8) is 0 Å². The van der Waals surface area contributed by atoms with E-state index in [0.717, 1.165) is 0 Å². The molecule has 0 saturated carbocycles. The van der Waals surface area contributed by atoms with Gasteiger partial charge in [0.2, 0.25) is 5.91 Å². The van der Waals surface area contributed by atoms with Crippen LogP contribution in [0.5, 0.6) is 0 Å². The van der Waals surface area contributed by atoms with E-state index in [9.17, 15) is 20.1 Å². The molecule has 0 unspecified atom stereocenters. The molecule has 1 saturated heterocycles. The van der Waals surface area contributed by atoms with Crippen LogP contribution in [0.2, 0.25) is 0 Å². The van der Waals surface area contributed by atoms with E-state index in [4.69, 9.17) is 14.6 Å². The quantitative estimate of drug-likeness (QED) is 0.395. The van der Waals surface area contributed by atoms with Gasteiger partial charge in [-0.05, 0) is 0 Å². The highest BCUT2D eigenvalue weighted by Crippen LogP contribution is 2.38. The topological polar surface area (TPSA) is 128 Å². The molecule has 8 heteroatoms. The molecule has 5 N–H and O–H groups in total. The van der Waals surface area contributed by atoms with Gasteiger partial charge in [-0.25, -0.2) is 0 Å². The first-order valence-corrected chi connectivity index (χ1v) is 7.14. The zero-order chi connectivity index (χ0) is 17.1. The van der Waals surface area contributed by atoms with Crippen molar-refractivity contribution in [2.24, 2.45) is 0 Å². The van der Waals surface area contributed by atoms with Crippen LogP contribution in [0.25, 0.3) is 0 Å². The average Bonchev–Trinajstić information content (AvgIpc) is 2.46. The maximum absolute atomic E-state index is 11.3. The maximum Gasteiger partial charge on any atom is 0.217 e. The lowest BCUT2D eigenvalue weighted by Crippen LogP contribution is -2.66. The van der Waals surface area contributed by atoms with Crippen molar-refractivity contribution in [1.82, 2.24) is 5.32 Å². The summed E-state index contributed by atoms with van der Waals surface area (Å²) < 4.78 is 11.2. The number of hydrogen-bond donors (Lipinski definition) is 5. The van der Waals surface area contributed by atoms with Crippen LogP contribution in [0, 0.1) is 5.92 Å². The van der Waals surface area contributed by atoms with Crippen LogP contribution >= 0.6 is 0 Å². The fourth-order valence-electron chi connectivity index (χ4n) is 2.64. The Morgan fingerprint density at radius 3 is 2.41 bits per heavy atom. The lowest BCUT2D eigenvalue weighted by atomic mass is 9.84. The molecule has 22 heavy (non-hydrogen) atoms. The maximum atomic E-state index is 11.3. The van der Waals surface area contributed by atoms with Gasteiger partial charge in [0.1, 0.15) is 18.3 Å². The fraction of sp³-hybridized carbons (Fsp3) is 0.857. The van der Waals surface area contributed by atoms with E-state index in [2.05, 4.69) is 5.32 Å². The number of methoxy groups -OCH3 is 1. The van der Waals surface area contributed by atoms with E-state index >= 15 is 0 Å². The Morgan fingerprint density at radius 2 is 2.00 bits per heavy atom. The van der Waals surface area contributed by atoms with Gasteiger partial charge < -0.3 is 35.2 Å². The Morgan fingerprint density at radius 1 is 1.41 bits per heavy atom. The van der Waals surface area contributed by atoms with Crippen molar-refractivity contribution >= 4 is 5.91 Å². The minimum Gasteiger partial charge on any atom is -0.394 e. The van der Waals surface area contributed by atoms with Crippen molar-refractivity contribution in [3.05, 3.63) is 5.92 Å². The van der Waals surface area contributed by atoms with Gasteiger partial charge in [-0.2, -0.15) is 0 Å². The van der Waals surface area contributed by atoms with E-state index in [1.54, 1.807) is 13.8 Å². The van der Waals surface area contributed by atoms with Crippen LogP contribution in [0.1, 0.15) is 27.2 Å². The highest BCUT2D eigenvalue weighted by Gasteiger charge is 2.52. The third kappa shape index (κ3) is 3.95. The summed E-state index contributed by atoms with van der Waals surface area (Å²) in [4.78, 5) is 11.3. The zero-order valence-electron chi connectivity index (χ0n) is 13.3. The standard InChI is InChI=1S/C14H26NO7/c1-7(2)14(21-4)5-9(18)11(15-8(3)17)13(22-14)12(20)10(19)6-16/h9-13,16,18-20H,5-6H2,1-4H3,(H,15,17)/t9-,10+,11+,12+,13+,14-/m0/s1. The molecule has 1 radical (unpaired) electrons. The van der Waals surface area contributed by atoms with Crippen LogP contribution < -0.4 is 5.32 Å². The molecule has 1 amide bonds. The van der Waals surface area contributed by atoms with Crippen LogP contribution in [0.3, 0.4) is 0 Å². The number of nitrogens with one attached hydrogen (secondary N) is 1. The van der Waals surface area contributed by atoms with Gasteiger partial charge in [0.25, 0.3) is 0 Å². The summed E-state index contributed by atoms with van der Waals surface area (Å²) in [5.74, 6) is -0.939. The van der Waals surface area contributed by atoms with Gasteiger partial charge in [-0.15, -0.1) is 0 Å². The summed E-state index contributed by atoms with van der Waals surface area (Å²) in [6, 6.07) is -0.934. The van der Waals surface area contributed by atoms with Crippen molar-refractivity contribution in [1.29, 1.82) is 0 Å². The number of carbonyl (C=O) groups excluding carboxylic acids is 1. The third-order valence-electron chi connectivity index (χ3n) is 3.95. The number of aliphatic hydroxyl groups excluding tert-OH is 4. The number of amides is 1. The van der Waals surface area contributed by atoms with E-state index < -0.39 is 48.8 Å². The highest BCUT2D eigenvalue weighted by atomic mass is 16.7. The molecular weight excluding hydrogens is 294 g/mol. The molecule has 0 aliphatic carbocycles. The van der Waals surface area contributed by atoms with Crippen LogP contribution in [0.15, 0.2) is 0 Å². The summed E-state index contributed by atoms with van der Waals surface area (Å²) in [5.41, 5.74) is 0. The number of carbonyl (C=O) groups is 1. The zero-order valence-corrected chi connectivity index (χ0v) is 13.3. The SMILES string of the molecule is CO[C@@]1([C](C)C)C[C@H](O)[C@@H](NC(C)=O)[C@H]([C@H](O)[C@H](O)CO)O1. The summed E-state index contributed by atoms with van der Waals surface area (Å²) in [6.07, 6.45) is -5.12. The molecule has 129 valence electrons. The number of ether oxygens (including phenoxy) is 2. The number of hydrogen-bond acceptors (Lipinski definition) is 7. The van der Waals surface area contributed by atoms with Crippen molar-refractivity contribution in [2.45, 2.75) is 63.4 Å². The molecule has 0 aromatic rings. The van der Waals surface area contributed by atoms with Crippen LogP contribution in [-0.2, 0) is 14.3 Å². The Labute approximate surface area is 130 Å². The van der Waals surface area contributed by atoms with Gasteiger partial charge in [0, 0.05) is 26.4 Å². The lowest BCUT2D eigenvalue weighted by molar-refractivity contribution is -0.302. The molecule has 0 aromatic heterocycles. The molecule has 1 rings (SSSR count). The summed E-state index contributed by atoms with van der Waals surface area (Å²) in [7, 11) is 1.41. The molecule has 1 aliphatic rings. The Hall–Kier alpha value is -0.770. The third-order valence-corrected chi connectivity index (χ3v) is 3.95. The first-order valence-electron chi connectivity index (χ1n) is 7.14. The molecular formula is C14H26NO7. The Balaban J connectivity index is 3.12. The smallest absolute Gasteiger partial charge is 0.217 e. The normalized spacial score (nSPS) is 35.2. The largest absolute Gasteiger partial charge is 0.394 e. The highest BCUT2D eigenvalue weighted by molar-refractivity contribution is 5.73. The van der Waals surface area contributed by atoms with Gasteiger partial charge >= 0.3 is 0 Å². The van der Waals surface area contributed by atoms with Crippen molar-refractivity contribution in [2.75, 3.05) is 13.7 Å². The predicted octanol–water partition coefficient (Wildman–Crippen LogP) is -1.69. The Bertz CT molecular complexity index is 378. The number of aliphatic hydroxyl groups is 4. The predicted molar refractivity (Wildman–Crippen MR) is 76.5 cm³/mol. The molecule has 0 spiro atoms. The number of rotatable bonds is 6. The van der Waals surface area contributed by atoms with Gasteiger partial charge in [0.05, 0.1) is 18.8 Å². The van der Waals surface area contributed by atoms with Crippen molar-refractivity contribution < 1.29 is 34.7 Å². The molecule has 1 aliphatic heterocycles. The fourth-order valence-corrected chi connectivity index (χ4v) is 2.64. The van der Waals surface area contributed by atoms with E-state index in [0.29, 0.717) is 5.92 Å².